The number of anilines is 2. The topological polar surface area (TPSA) is 55.6 Å². The number of hydrogen-bond donors (Lipinski definition) is 1. The quantitative estimate of drug-likeness (QED) is 0.877. The number of methoxy groups -OCH3 is 1. The van der Waals surface area contributed by atoms with Gasteiger partial charge >= 0.3 is 0 Å². The smallest absolute Gasteiger partial charge is 0.260 e. The summed E-state index contributed by atoms with van der Waals surface area (Å²) in [6.45, 7) is 4.51. The lowest BCUT2D eigenvalue weighted by Crippen LogP contribution is -2.31. The summed E-state index contributed by atoms with van der Waals surface area (Å²) in [4.78, 5) is 14.5. The second-order valence-corrected chi connectivity index (χ2v) is 4.81. The van der Waals surface area contributed by atoms with Crippen molar-refractivity contribution in [1.82, 2.24) is 0 Å². The first-order chi connectivity index (χ1) is 10.1. The Hall–Kier alpha value is -2.49. The van der Waals surface area contributed by atoms with Gasteiger partial charge in [0, 0.05) is 12.2 Å². The summed E-state index contributed by atoms with van der Waals surface area (Å²) in [6, 6.07) is 13.1. The minimum absolute atomic E-state index is 0.125. The van der Waals surface area contributed by atoms with Crippen molar-refractivity contribution in [3.8, 4) is 5.75 Å². The van der Waals surface area contributed by atoms with Crippen molar-refractivity contribution < 1.29 is 9.53 Å². The van der Waals surface area contributed by atoms with Crippen LogP contribution in [-0.2, 0) is 0 Å². The zero-order valence-corrected chi connectivity index (χ0v) is 12.6. The Morgan fingerprint density at radius 1 is 1.24 bits per heavy atom. The lowest BCUT2D eigenvalue weighted by atomic mass is 10.1. The van der Waals surface area contributed by atoms with E-state index in [0.29, 0.717) is 23.5 Å². The summed E-state index contributed by atoms with van der Waals surface area (Å²) in [6.07, 6.45) is 0. The van der Waals surface area contributed by atoms with Gasteiger partial charge in [0.1, 0.15) is 5.75 Å². The summed E-state index contributed by atoms with van der Waals surface area (Å²) in [5.41, 5.74) is 8.82. The van der Waals surface area contributed by atoms with Crippen LogP contribution in [0.2, 0.25) is 0 Å². The molecule has 110 valence electrons. The highest BCUT2D eigenvalue weighted by molar-refractivity contribution is 6.10. The number of carbonyl (C=O) groups excluding carboxylic acids is 1. The van der Waals surface area contributed by atoms with E-state index in [1.165, 1.54) is 7.11 Å². The minimum Gasteiger partial charge on any atom is -0.495 e. The molecule has 0 radical (unpaired) electrons. The van der Waals surface area contributed by atoms with Crippen molar-refractivity contribution in [1.29, 1.82) is 0 Å². The normalized spacial score (nSPS) is 10.2. The zero-order valence-electron chi connectivity index (χ0n) is 12.6. The van der Waals surface area contributed by atoms with E-state index >= 15 is 0 Å². The molecular formula is C17H20N2O2. The standard InChI is InChI=1S/C17H20N2O2/c1-4-19(13-8-5-7-12(2)11-13)17(20)14-9-6-10-15(21-3)16(14)18/h5-11H,4,18H2,1-3H3. The Labute approximate surface area is 125 Å². The summed E-state index contributed by atoms with van der Waals surface area (Å²) in [5.74, 6) is 0.389. The van der Waals surface area contributed by atoms with Crippen LogP contribution in [0.25, 0.3) is 0 Å². The van der Waals surface area contributed by atoms with Gasteiger partial charge in [0.15, 0.2) is 0 Å². The molecule has 0 aromatic heterocycles. The molecule has 0 aliphatic heterocycles. The van der Waals surface area contributed by atoms with E-state index in [-0.39, 0.29) is 5.91 Å². The third-order valence-electron chi connectivity index (χ3n) is 3.39. The van der Waals surface area contributed by atoms with E-state index in [4.69, 9.17) is 10.5 Å². The fourth-order valence-corrected chi connectivity index (χ4v) is 2.29. The van der Waals surface area contributed by atoms with Gasteiger partial charge in [-0.1, -0.05) is 18.2 Å². The van der Waals surface area contributed by atoms with Crippen molar-refractivity contribution in [3.05, 3.63) is 53.6 Å². The second-order valence-electron chi connectivity index (χ2n) is 4.81. The molecule has 0 aliphatic carbocycles. The number of nitrogens with two attached hydrogens (primary N) is 1. The monoisotopic (exact) mass is 284 g/mol. The molecule has 0 atom stereocenters. The number of nitrogens with zero attached hydrogens (tertiary/aromatic N) is 1. The van der Waals surface area contributed by atoms with Crippen LogP contribution >= 0.6 is 0 Å². The SMILES string of the molecule is CCN(C(=O)c1cccc(OC)c1N)c1cccc(C)c1. The molecule has 2 N–H and O–H groups in total. The van der Waals surface area contributed by atoms with E-state index in [2.05, 4.69) is 0 Å². The molecule has 21 heavy (non-hydrogen) atoms. The molecule has 0 fully saturated rings. The van der Waals surface area contributed by atoms with Gasteiger partial charge in [-0.15, -0.1) is 0 Å². The van der Waals surface area contributed by atoms with Gasteiger partial charge in [-0.2, -0.15) is 0 Å². The van der Waals surface area contributed by atoms with Gasteiger partial charge in [-0.3, -0.25) is 4.79 Å². The van der Waals surface area contributed by atoms with Gasteiger partial charge in [-0.05, 0) is 43.7 Å². The van der Waals surface area contributed by atoms with Gasteiger partial charge in [-0.25, -0.2) is 0 Å². The Morgan fingerprint density at radius 3 is 2.57 bits per heavy atom. The number of amides is 1. The van der Waals surface area contributed by atoms with E-state index in [0.717, 1.165) is 11.3 Å². The summed E-state index contributed by atoms with van der Waals surface area (Å²) in [7, 11) is 1.54. The van der Waals surface area contributed by atoms with Crippen LogP contribution in [0, 0.1) is 6.92 Å². The van der Waals surface area contributed by atoms with Crippen molar-refractivity contribution in [2.75, 3.05) is 24.3 Å². The van der Waals surface area contributed by atoms with Crippen molar-refractivity contribution in [2.24, 2.45) is 0 Å². The van der Waals surface area contributed by atoms with Gasteiger partial charge < -0.3 is 15.4 Å². The number of benzene rings is 2. The lowest BCUT2D eigenvalue weighted by molar-refractivity contribution is 0.0989. The molecule has 4 nitrogen and oxygen atoms in total. The van der Waals surface area contributed by atoms with E-state index in [1.54, 1.807) is 23.1 Å². The highest BCUT2D eigenvalue weighted by Crippen LogP contribution is 2.27. The maximum Gasteiger partial charge on any atom is 0.260 e. The van der Waals surface area contributed by atoms with Crippen LogP contribution in [0.1, 0.15) is 22.8 Å². The third-order valence-corrected chi connectivity index (χ3v) is 3.39. The zero-order chi connectivity index (χ0) is 15.4. The average Bonchev–Trinajstić information content (AvgIpc) is 2.48. The average molecular weight is 284 g/mol. The molecule has 0 heterocycles. The molecular weight excluding hydrogens is 264 g/mol. The predicted molar refractivity (Wildman–Crippen MR) is 85.9 cm³/mol. The molecule has 0 saturated carbocycles. The second kappa shape index (κ2) is 6.31. The number of hydrogen-bond acceptors (Lipinski definition) is 3. The molecule has 0 bridgehead atoms. The van der Waals surface area contributed by atoms with Gasteiger partial charge in [0.05, 0.1) is 18.4 Å². The number of nitrogen functional groups attached to an aromatic ring is 1. The number of rotatable bonds is 4. The van der Waals surface area contributed by atoms with Crippen LogP contribution in [0.4, 0.5) is 11.4 Å². The van der Waals surface area contributed by atoms with Crippen LogP contribution in [0.5, 0.6) is 5.75 Å². The van der Waals surface area contributed by atoms with Crippen molar-refractivity contribution in [3.63, 3.8) is 0 Å². The van der Waals surface area contributed by atoms with E-state index < -0.39 is 0 Å². The molecule has 0 spiro atoms. The maximum atomic E-state index is 12.8. The fourth-order valence-electron chi connectivity index (χ4n) is 2.29. The predicted octanol–water partition coefficient (Wildman–Crippen LogP) is 3.25. The van der Waals surface area contributed by atoms with Crippen LogP contribution in [0.15, 0.2) is 42.5 Å². The highest BCUT2D eigenvalue weighted by Gasteiger charge is 2.20. The van der Waals surface area contributed by atoms with Crippen LogP contribution < -0.4 is 15.4 Å². The summed E-state index contributed by atoms with van der Waals surface area (Å²) < 4.78 is 5.18. The summed E-state index contributed by atoms with van der Waals surface area (Å²) in [5, 5.41) is 0. The maximum absolute atomic E-state index is 12.8. The minimum atomic E-state index is -0.125. The Kier molecular flexibility index (Phi) is 4.48. The van der Waals surface area contributed by atoms with E-state index in [9.17, 15) is 4.79 Å². The van der Waals surface area contributed by atoms with Gasteiger partial charge in [0.25, 0.3) is 5.91 Å². The number of carbonyl (C=O) groups is 1. The lowest BCUT2D eigenvalue weighted by Gasteiger charge is -2.22. The molecule has 4 heteroatoms. The molecule has 2 rings (SSSR count). The third kappa shape index (κ3) is 2.99. The molecule has 0 aliphatic rings. The van der Waals surface area contributed by atoms with Crippen LogP contribution in [0.3, 0.4) is 0 Å². The van der Waals surface area contributed by atoms with E-state index in [1.807, 2.05) is 38.1 Å². The molecule has 1 amide bonds. The number of aryl methyl sites for hydroxylation is 1. The fraction of sp³-hybridized carbons (Fsp3) is 0.235. The first-order valence-electron chi connectivity index (χ1n) is 6.89. The van der Waals surface area contributed by atoms with Gasteiger partial charge in [0.2, 0.25) is 0 Å². The Bertz CT molecular complexity index is 653. The number of para-hydroxylation sites is 1. The first-order valence-corrected chi connectivity index (χ1v) is 6.89. The first kappa shape index (κ1) is 14.9. The molecule has 2 aromatic rings. The summed E-state index contributed by atoms with van der Waals surface area (Å²) >= 11 is 0. The van der Waals surface area contributed by atoms with Crippen LogP contribution in [-0.4, -0.2) is 19.6 Å². The Balaban J connectivity index is 2.42. The molecule has 0 saturated heterocycles. The Morgan fingerprint density at radius 2 is 1.95 bits per heavy atom. The largest absolute Gasteiger partial charge is 0.495 e. The molecule has 2 aromatic carbocycles. The number of ether oxygens (including phenoxy) is 1. The highest BCUT2D eigenvalue weighted by atomic mass is 16.5. The van der Waals surface area contributed by atoms with Crippen molar-refractivity contribution in [2.45, 2.75) is 13.8 Å². The molecule has 0 unspecified atom stereocenters. The van der Waals surface area contributed by atoms with Crippen molar-refractivity contribution >= 4 is 17.3 Å².